The maximum Gasteiger partial charge on any atom is 0.242 e. The van der Waals surface area contributed by atoms with Crippen molar-refractivity contribution in [3.63, 3.8) is 0 Å². The summed E-state index contributed by atoms with van der Waals surface area (Å²) < 4.78 is 1.84. The van der Waals surface area contributed by atoms with Crippen molar-refractivity contribution >= 4 is 5.91 Å². The molecule has 0 aliphatic rings. The van der Waals surface area contributed by atoms with Gasteiger partial charge in [-0.15, -0.1) is 0 Å². The molecule has 6 heteroatoms. The molecule has 26 heavy (non-hydrogen) atoms. The molecule has 2 aromatic heterocycles. The summed E-state index contributed by atoms with van der Waals surface area (Å²) in [4.78, 5) is 23.2. The highest BCUT2D eigenvalue weighted by Gasteiger charge is 2.23. The second kappa shape index (κ2) is 8.40. The summed E-state index contributed by atoms with van der Waals surface area (Å²) >= 11 is 0. The summed E-state index contributed by atoms with van der Waals surface area (Å²) in [5, 5.41) is 3.03. The van der Waals surface area contributed by atoms with Crippen LogP contribution in [0.5, 0.6) is 0 Å². The summed E-state index contributed by atoms with van der Waals surface area (Å²) in [6.45, 7) is 3.27. The summed E-state index contributed by atoms with van der Waals surface area (Å²) in [6.07, 6.45) is 7.03. The standard InChI is InChI=1S/C20H23N5O/c1-3-24(2)19(17-7-5-4-6-8-17)20(26)23-14-16-9-10-18(22-13-16)25-12-11-21-15-25/h4-13,15,19H,3,14H2,1-2H3,(H,23,26)/t19-/m1/s1. The molecule has 0 aliphatic heterocycles. The third kappa shape index (κ3) is 4.15. The van der Waals surface area contributed by atoms with Crippen molar-refractivity contribution in [3.8, 4) is 5.82 Å². The predicted molar refractivity (Wildman–Crippen MR) is 101 cm³/mol. The number of nitrogens with zero attached hydrogens (tertiary/aromatic N) is 4. The molecule has 3 aromatic rings. The SMILES string of the molecule is CCN(C)[C@@H](C(=O)NCc1ccc(-n2ccnc2)nc1)c1ccccc1. The minimum absolute atomic E-state index is 0.0146. The first kappa shape index (κ1) is 17.8. The van der Waals surface area contributed by atoms with Gasteiger partial charge in [-0.3, -0.25) is 14.3 Å². The molecule has 1 amide bonds. The number of hydrogen-bond donors (Lipinski definition) is 1. The number of amides is 1. The molecule has 6 nitrogen and oxygen atoms in total. The lowest BCUT2D eigenvalue weighted by Gasteiger charge is -2.26. The zero-order valence-corrected chi connectivity index (χ0v) is 15.0. The van der Waals surface area contributed by atoms with Crippen molar-refractivity contribution in [1.29, 1.82) is 0 Å². The lowest BCUT2D eigenvalue weighted by Crippen LogP contribution is -2.38. The third-order valence-electron chi connectivity index (χ3n) is 4.35. The number of hydrogen-bond acceptors (Lipinski definition) is 4. The number of likely N-dealkylation sites (N-methyl/N-ethyl adjacent to an activating group) is 1. The molecule has 3 rings (SSSR count). The van der Waals surface area contributed by atoms with E-state index in [1.54, 1.807) is 18.7 Å². The average Bonchev–Trinajstić information content (AvgIpc) is 3.22. The van der Waals surface area contributed by atoms with E-state index in [2.05, 4.69) is 15.3 Å². The van der Waals surface area contributed by atoms with Gasteiger partial charge in [-0.25, -0.2) is 9.97 Å². The van der Waals surface area contributed by atoms with Gasteiger partial charge in [0, 0.05) is 25.1 Å². The Morgan fingerprint density at radius 1 is 1.23 bits per heavy atom. The van der Waals surface area contributed by atoms with E-state index in [9.17, 15) is 4.79 Å². The number of carbonyl (C=O) groups excluding carboxylic acids is 1. The largest absolute Gasteiger partial charge is 0.350 e. The number of pyridine rings is 1. The van der Waals surface area contributed by atoms with Crippen LogP contribution in [0.15, 0.2) is 67.4 Å². The molecule has 1 N–H and O–H groups in total. The highest BCUT2D eigenvalue weighted by molar-refractivity contribution is 5.83. The van der Waals surface area contributed by atoms with Crippen LogP contribution >= 0.6 is 0 Å². The zero-order chi connectivity index (χ0) is 18.4. The predicted octanol–water partition coefficient (Wildman–Crippen LogP) is 2.58. The van der Waals surface area contributed by atoms with Crippen LogP contribution in [-0.2, 0) is 11.3 Å². The fourth-order valence-electron chi connectivity index (χ4n) is 2.78. The summed E-state index contributed by atoms with van der Waals surface area (Å²) in [6, 6.07) is 13.4. The second-order valence-corrected chi connectivity index (χ2v) is 6.10. The average molecular weight is 349 g/mol. The molecular formula is C20H23N5O. The minimum Gasteiger partial charge on any atom is -0.350 e. The van der Waals surface area contributed by atoms with Crippen molar-refractivity contribution in [2.75, 3.05) is 13.6 Å². The van der Waals surface area contributed by atoms with Crippen molar-refractivity contribution in [2.45, 2.75) is 19.5 Å². The Balaban J connectivity index is 1.66. The highest BCUT2D eigenvalue weighted by atomic mass is 16.2. The molecule has 0 saturated heterocycles. The molecular weight excluding hydrogens is 326 g/mol. The highest BCUT2D eigenvalue weighted by Crippen LogP contribution is 2.19. The van der Waals surface area contributed by atoms with Crippen LogP contribution < -0.4 is 5.32 Å². The van der Waals surface area contributed by atoms with E-state index in [1.807, 2.05) is 72.1 Å². The van der Waals surface area contributed by atoms with E-state index < -0.39 is 0 Å². The Kier molecular flexibility index (Phi) is 5.76. The van der Waals surface area contributed by atoms with E-state index in [0.29, 0.717) is 6.54 Å². The minimum atomic E-state index is -0.306. The van der Waals surface area contributed by atoms with Gasteiger partial charge in [-0.1, -0.05) is 43.3 Å². The maximum atomic E-state index is 12.8. The number of aromatic nitrogens is 3. The van der Waals surface area contributed by atoms with Gasteiger partial charge in [0.15, 0.2) is 0 Å². The Morgan fingerprint density at radius 3 is 2.65 bits per heavy atom. The molecule has 0 saturated carbocycles. The Bertz CT molecular complexity index is 815. The summed E-state index contributed by atoms with van der Waals surface area (Å²) in [5.41, 5.74) is 1.94. The van der Waals surface area contributed by atoms with Gasteiger partial charge in [-0.2, -0.15) is 0 Å². The van der Waals surface area contributed by atoms with Gasteiger partial charge < -0.3 is 5.32 Å². The topological polar surface area (TPSA) is 63.1 Å². The van der Waals surface area contributed by atoms with E-state index in [0.717, 1.165) is 23.5 Å². The Labute approximate surface area is 153 Å². The molecule has 0 unspecified atom stereocenters. The van der Waals surface area contributed by atoms with Crippen molar-refractivity contribution in [2.24, 2.45) is 0 Å². The fraction of sp³-hybridized carbons (Fsp3) is 0.250. The van der Waals surface area contributed by atoms with E-state index >= 15 is 0 Å². The van der Waals surface area contributed by atoms with E-state index in [1.165, 1.54) is 0 Å². The molecule has 0 aliphatic carbocycles. The van der Waals surface area contributed by atoms with Crippen LogP contribution in [0, 0.1) is 0 Å². The van der Waals surface area contributed by atoms with Gasteiger partial charge in [0.2, 0.25) is 5.91 Å². The Morgan fingerprint density at radius 2 is 2.04 bits per heavy atom. The molecule has 1 atom stereocenters. The smallest absolute Gasteiger partial charge is 0.242 e. The first-order chi connectivity index (χ1) is 12.7. The number of imidazole rings is 1. The maximum absolute atomic E-state index is 12.8. The number of nitrogens with one attached hydrogen (secondary N) is 1. The molecule has 1 aromatic carbocycles. The normalized spacial score (nSPS) is 12.1. The Hall–Kier alpha value is -2.99. The number of benzene rings is 1. The molecule has 0 radical (unpaired) electrons. The van der Waals surface area contributed by atoms with Crippen molar-refractivity contribution in [3.05, 3.63) is 78.5 Å². The van der Waals surface area contributed by atoms with Gasteiger partial charge in [0.25, 0.3) is 0 Å². The fourth-order valence-corrected chi connectivity index (χ4v) is 2.78. The first-order valence-corrected chi connectivity index (χ1v) is 8.65. The zero-order valence-electron chi connectivity index (χ0n) is 15.0. The quantitative estimate of drug-likeness (QED) is 0.712. The van der Waals surface area contributed by atoms with Gasteiger partial charge in [0.1, 0.15) is 18.2 Å². The van der Waals surface area contributed by atoms with Crippen LogP contribution in [0.25, 0.3) is 5.82 Å². The lowest BCUT2D eigenvalue weighted by molar-refractivity contribution is -0.126. The van der Waals surface area contributed by atoms with Crippen LogP contribution in [-0.4, -0.2) is 38.9 Å². The van der Waals surface area contributed by atoms with Gasteiger partial charge in [-0.05, 0) is 30.8 Å². The van der Waals surface area contributed by atoms with E-state index in [-0.39, 0.29) is 11.9 Å². The van der Waals surface area contributed by atoms with Crippen molar-refractivity contribution in [1.82, 2.24) is 24.8 Å². The van der Waals surface area contributed by atoms with E-state index in [4.69, 9.17) is 0 Å². The molecule has 2 heterocycles. The van der Waals surface area contributed by atoms with Crippen molar-refractivity contribution < 1.29 is 4.79 Å². The van der Waals surface area contributed by atoms with Gasteiger partial charge >= 0.3 is 0 Å². The van der Waals surface area contributed by atoms with Crippen LogP contribution in [0.2, 0.25) is 0 Å². The monoisotopic (exact) mass is 349 g/mol. The lowest BCUT2D eigenvalue weighted by atomic mass is 10.0. The summed E-state index contributed by atoms with van der Waals surface area (Å²) in [7, 11) is 1.96. The van der Waals surface area contributed by atoms with Crippen LogP contribution in [0.4, 0.5) is 0 Å². The molecule has 134 valence electrons. The van der Waals surface area contributed by atoms with Crippen LogP contribution in [0.3, 0.4) is 0 Å². The first-order valence-electron chi connectivity index (χ1n) is 8.65. The summed E-state index contributed by atoms with van der Waals surface area (Å²) in [5.74, 6) is 0.782. The second-order valence-electron chi connectivity index (χ2n) is 6.10. The van der Waals surface area contributed by atoms with Crippen LogP contribution in [0.1, 0.15) is 24.1 Å². The van der Waals surface area contributed by atoms with Gasteiger partial charge in [0.05, 0.1) is 0 Å². The molecule has 0 spiro atoms. The molecule has 0 fully saturated rings. The number of carbonyl (C=O) groups is 1. The number of rotatable bonds is 7. The third-order valence-corrected chi connectivity index (χ3v) is 4.35. The molecule has 0 bridgehead atoms.